The van der Waals surface area contributed by atoms with Crippen molar-refractivity contribution in [1.82, 2.24) is 4.90 Å². The molecule has 2 saturated carbocycles. The lowest BCUT2D eigenvalue weighted by molar-refractivity contribution is 0.153. The summed E-state index contributed by atoms with van der Waals surface area (Å²) in [6, 6.07) is 2.89. The zero-order valence-electron chi connectivity index (χ0n) is 12.8. The van der Waals surface area contributed by atoms with E-state index in [2.05, 4.69) is 35.7 Å². The van der Waals surface area contributed by atoms with Crippen LogP contribution in [0.25, 0.3) is 0 Å². The molecular weight excluding hydrogens is 264 g/mol. The molecule has 20 heavy (non-hydrogen) atoms. The van der Waals surface area contributed by atoms with Crippen LogP contribution in [0.3, 0.4) is 0 Å². The lowest BCUT2D eigenvalue weighted by atomic mass is 9.87. The number of likely N-dealkylation sites (N-methyl/N-ethyl adjacent to an activating group) is 1. The molecule has 1 aromatic rings. The molecule has 0 spiro atoms. The molecule has 5 atom stereocenters. The van der Waals surface area contributed by atoms with Crippen molar-refractivity contribution in [2.45, 2.75) is 51.1 Å². The van der Waals surface area contributed by atoms with Gasteiger partial charge in [0.2, 0.25) is 0 Å². The first-order valence-electron chi connectivity index (χ1n) is 8.17. The highest BCUT2D eigenvalue weighted by Gasteiger charge is 2.40. The largest absolute Gasteiger partial charge is 0.326 e. The smallest absolute Gasteiger partial charge is 0.0504 e. The van der Waals surface area contributed by atoms with Gasteiger partial charge in [0.05, 0.1) is 6.04 Å². The van der Waals surface area contributed by atoms with Crippen molar-refractivity contribution in [3.8, 4) is 0 Å². The van der Waals surface area contributed by atoms with E-state index >= 15 is 0 Å². The van der Waals surface area contributed by atoms with E-state index in [1.165, 1.54) is 37.8 Å². The summed E-state index contributed by atoms with van der Waals surface area (Å²) in [5.74, 6) is 2.96. The molecule has 1 aromatic heterocycles. The number of rotatable bonds is 6. The van der Waals surface area contributed by atoms with E-state index in [0.717, 1.165) is 24.2 Å². The summed E-state index contributed by atoms with van der Waals surface area (Å²) in [4.78, 5) is 2.54. The molecule has 2 aliphatic carbocycles. The minimum atomic E-state index is 0.244. The lowest BCUT2D eigenvalue weighted by Crippen LogP contribution is -2.41. The highest BCUT2D eigenvalue weighted by atomic mass is 32.1. The molecule has 3 rings (SSSR count). The number of hydrogen-bond acceptors (Lipinski definition) is 3. The summed E-state index contributed by atoms with van der Waals surface area (Å²) in [5, 5.41) is 4.45. The van der Waals surface area contributed by atoms with Crippen LogP contribution in [-0.2, 0) is 0 Å². The second-order valence-corrected chi connectivity index (χ2v) is 7.73. The quantitative estimate of drug-likeness (QED) is 0.862. The average Bonchev–Trinajstić information content (AvgIpc) is 3.15. The summed E-state index contributed by atoms with van der Waals surface area (Å²) in [5.41, 5.74) is 7.83. The van der Waals surface area contributed by atoms with Gasteiger partial charge in [0.1, 0.15) is 0 Å². The van der Waals surface area contributed by atoms with Crippen LogP contribution in [0.5, 0.6) is 0 Å². The van der Waals surface area contributed by atoms with Crippen LogP contribution in [0.2, 0.25) is 0 Å². The Balaban J connectivity index is 1.67. The average molecular weight is 292 g/mol. The fraction of sp³-hybridized carbons (Fsp3) is 0.765. The molecule has 0 saturated heterocycles. The van der Waals surface area contributed by atoms with Gasteiger partial charge in [0.15, 0.2) is 0 Å². The molecule has 2 aliphatic rings. The van der Waals surface area contributed by atoms with Gasteiger partial charge in [-0.15, -0.1) is 0 Å². The lowest BCUT2D eigenvalue weighted by Gasteiger charge is -2.35. The van der Waals surface area contributed by atoms with Crippen molar-refractivity contribution in [1.29, 1.82) is 0 Å². The van der Waals surface area contributed by atoms with Gasteiger partial charge in [0, 0.05) is 12.6 Å². The molecule has 2 N–H and O–H groups in total. The second-order valence-electron chi connectivity index (χ2n) is 6.95. The minimum Gasteiger partial charge on any atom is -0.326 e. The minimum absolute atomic E-state index is 0.244. The molecule has 5 unspecified atom stereocenters. The Bertz CT molecular complexity index is 417. The molecule has 3 heteroatoms. The van der Waals surface area contributed by atoms with Gasteiger partial charge < -0.3 is 5.73 Å². The van der Waals surface area contributed by atoms with Gasteiger partial charge in [-0.1, -0.05) is 13.3 Å². The first kappa shape index (κ1) is 14.6. The molecule has 0 radical (unpaired) electrons. The van der Waals surface area contributed by atoms with E-state index in [9.17, 15) is 0 Å². The van der Waals surface area contributed by atoms with Gasteiger partial charge >= 0.3 is 0 Å². The van der Waals surface area contributed by atoms with E-state index in [1.54, 1.807) is 11.3 Å². The number of hydrogen-bond donors (Lipinski definition) is 1. The maximum Gasteiger partial charge on any atom is 0.0504 e. The van der Waals surface area contributed by atoms with Crippen molar-refractivity contribution in [3.05, 3.63) is 22.4 Å². The van der Waals surface area contributed by atoms with Gasteiger partial charge in [-0.05, 0) is 72.9 Å². The molecule has 0 aliphatic heterocycles. The van der Waals surface area contributed by atoms with Crippen LogP contribution in [0.1, 0.15) is 50.6 Å². The normalized spacial score (nSPS) is 31.9. The number of thiophene rings is 1. The number of nitrogens with two attached hydrogens (primary N) is 1. The Labute approximate surface area is 127 Å². The molecule has 1 heterocycles. The van der Waals surface area contributed by atoms with Crippen molar-refractivity contribution in [3.63, 3.8) is 0 Å². The maximum absolute atomic E-state index is 6.42. The van der Waals surface area contributed by atoms with E-state index in [0.29, 0.717) is 6.04 Å². The van der Waals surface area contributed by atoms with Crippen molar-refractivity contribution < 1.29 is 0 Å². The first-order valence-corrected chi connectivity index (χ1v) is 9.11. The highest BCUT2D eigenvalue weighted by molar-refractivity contribution is 7.07. The summed E-state index contributed by atoms with van der Waals surface area (Å²) >= 11 is 1.79. The third kappa shape index (κ3) is 2.81. The molecular formula is C17H28N2S. The predicted octanol–water partition coefficient (Wildman–Crippen LogP) is 3.89. The van der Waals surface area contributed by atoms with Crippen LogP contribution in [-0.4, -0.2) is 24.5 Å². The maximum atomic E-state index is 6.42. The Morgan fingerprint density at radius 1 is 1.40 bits per heavy atom. The van der Waals surface area contributed by atoms with Gasteiger partial charge in [-0.25, -0.2) is 0 Å². The van der Waals surface area contributed by atoms with Crippen LogP contribution >= 0.6 is 11.3 Å². The first-order chi connectivity index (χ1) is 9.69. The standard InChI is InChI=1S/C17H28N2S/c1-3-16(18)17(14-6-7-20-11-14)19(2)10-15-9-12-4-5-13(15)8-12/h6-7,11-13,15-17H,3-5,8-10,18H2,1-2H3. The van der Waals surface area contributed by atoms with Crippen LogP contribution in [0, 0.1) is 17.8 Å². The van der Waals surface area contributed by atoms with Crippen LogP contribution in [0.15, 0.2) is 16.8 Å². The zero-order chi connectivity index (χ0) is 14.1. The van der Waals surface area contributed by atoms with Gasteiger partial charge in [0.25, 0.3) is 0 Å². The Morgan fingerprint density at radius 3 is 2.80 bits per heavy atom. The van der Waals surface area contributed by atoms with E-state index in [-0.39, 0.29) is 6.04 Å². The Kier molecular flexibility index (Phi) is 4.49. The zero-order valence-corrected chi connectivity index (χ0v) is 13.6. The molecule has 2 bridgehead atoms. The fourth-order valence-electron chi connectivity index (χ4n) is 4.58. The third-order valence-corrected chi connectivity index (χ3v) is 6.35. The van der Waals surface area contributed by atoms with E-state index < -0.39 is 0 Å². The Morgan fingerprint density at radius 2 is 2.25 bits per heavy atom. The van der Waals surface area contributed by atoms with Crippen LogP contribution < -0.4 is 5.73 Å². The molecule has 0 aromatic carbocycles. The number of nitrogens with zero attached hydrogens (tertiary/aromatic N) is 1. The highest BCUT2D eigenvalue weighted by Crippen LogP contribution is 2.48. The second kappa shape index (κ2) is 6.17. The van der Waals surface area contributed by atoms with Gasteiger partial charge in [-0.3, -0.25) is 4.90 Å². The molecule has 2 nitrogen and oxygen atoms in total. The Hall–Kier alpha value is -0.380. The molecule has 112 valence electrons. The SMILES string of the molecule is CCC(N)C(c1ccsc1)N(C)CC1CC2CCC1C2. The molecule has 2 fully saturated rings. The van der Waals surface area contributed by atoms with Gasteiger partial charge in [-0.2, -0.15) is 11.3 Å². The molecule has 0 amide bonds. The summed E-state index contributed by atoms with van der Waals surface area (Å²) in [6.07, 6.45) is 6.98. The van der Waals surface area contributed by atoms with E-state index in [4.69, 9.17) is 5.73 Å². The number of fused-ring (bicyclic) bond motifs is 2. The predicted molar refractivity (Wildman–Crippen MR) is 86.9 cm³/mol. The van der Waals surface area contributed by atoms with Crippen molar-refractivity contribution in [2.75, 3.05) is 13.6 Å². The van der Waals surface area contributed by atoms with E-state index in [1.807, 2.05) is 0 Å². The summed E-state index contributed by atoms with van der Waals surface area (Å²) < 4.78 is 0. The third-order valence-electron chi connectivity index (χ3n) is 5.64. The summed E-state index contributed by atoms with van der Waals surface area (Å²) in [7, 11) is 2.28. The summed E-state index contributed by atoms with van der Waals surface area (Å²) in [6.45, 7) is 3.44. The van der Waals surface area contributed by atoms with Crippen molar-refractivity contribution in [2.24, 2.45) is 23.5 Å². The van der Waals surface area contributed by atoms with Crippen molar-refractivity contribution >= 4 is 11.3 Å². The van der Waals surface area contributed by atoms with Crippen LogP contribution in [0.4, 0.5) is 0 Å². The fourth-order valence-corrected chi connectivity index (χ4v) is 5.27. The monoisotopic (exact) mass is 292 g/mol. The topological polar surface area (TPSA) is 29.3 Å².